The van der Waals surface area contributed by atoms with Gasteiger partial charge >= 0.3 is 0 Å². The maximum atomic E-state index is 13.0. The highest BCUT2D eigenvalue weighted by molar-refractivity contribution is 5.94. The summed E-state index contributed by atoms with van der Waals surface area (Å²) < 4.78 is 25.8. The number of rotatable bonds is 11. The minimum absolute atomic E-state index is 0.162. The monoisotopic (exact) mass is 311 g/mol. The summed E-state index contributed by atoms with van der Waals surface area (Å²) in [5.74, 6) is -2.27. The molecular weight excluding hydrogens is 284 g/mol. The third-order valence-corrected chi connectivity index (χ3v) is 3.75. The molecule has 4 heteroatoms. The zero-order valence-electron chi connectivity index (χ0n) is 13.5. The standard InChI is InChI=1S/C18H27F2NO/c1-2-3-4-5-6-7-8-9-10-13-21-18(22)15-11-12-16(19)17(20)14-15/h11-12,14H,2-10,13H2,1H3,(H,21,22). The fourth-order valence-electron chi connectivity index (χ4n) is 2.38. The van der Waals surface area contributed by atoms with E-state index in [9.17, 15) is 13.6 Å². The summed E-state index contributed by atoms with van der Waals surface area (Å²) in [6, 6.07) is 3.20. The number of benzene rings is 1. The van der Waals surface area contributed by atoms with Crippen LogP contribution in [-0.2, 0) is 0 Å². The van der Waals surface area contributed by atoms with Crippen molar-refractivity contribution in [1.82, 2.24) is 5.32 Å². The van der Waals surface area contributed by atoms with E-state index in [1.165, 1.54) is 51.0 Å². The van der Waals surface area contributed by atoms with Crippen molar-refractivity contribution in [3.8, 4) is 0 Å². The lowest BCUT2D eigenvalue weighted by Crippen LogP contribution is -2.24. The first-order valence-corrected chi connectivity index (χ1v) is 8.38. The van der Waals surface area contributed by atoms with Crippen molar-refractivity contribution in [1.29, 1.82) is 0 Å². The van der Waals surface area contributed by atoms with Crippen LogP contribution in [0.4, 0.5) is 8.78 Å². The Morgan fingerprint density at radius 2 is 1.50 bits per heavy atom. The molecule has 22 heavy (non-hydrogen) atoms. The Morgan fingerprint density at radius 1 is 0.909 bits per heavy atom. The maximum absolute atomic E-state index is 13.0. The van der Waals surface area contributed by atoms with Crippen molar-refractivity contribution in [2.45, 2.75) is 64.7 Å². The molecule has 0 aliphatic carbocycles. The van der Waals surface area contributed by atoms with Crippen molar-refractivity contribution >= 4 is 5.91 Å². The van der Waals surface area contributed by atoms with Gasteiger partial charge in [-0.15, -0.1) is 0 Å². The topological polar surface area (TPSA) is 29.1 Å². The van der Waals surface area contributed by atoms with Gasteiger partial charge in [0.25, 0.3) is 5.91 Å². The molecule has 1 amide bonds. The molecule has 0 aliphatic rings. The highest BCUT2D eigenvalue weighted by Crippen LogP contribution is 2.10. The van der Waals surface area contributed by atoms with Crippen LogP contribution >= 0.6 is 0 Å². The maximum Gasteiger partial charge on any atom is 0.251 e. The van der Waals surface area contributed by atoms with Crippen molar-refractivity contribution < 1.29 is 13.6 Å². The van der Waals surface area contributed by atoms with Crippen molar-refractivity contribution in [3.63, 3.8) is 0 Å². The lowest BCUT2D eigenvalue weighted by molar-refractivity contribution is 0.0952. The summed E-state index contributed by atoms with van der Waals surface area (Å²) in [6.45, 7) is 2.79. The predicted octanol–water partition coefficient (Wildman–Crippen LogP) is 5.23. The molecule has 0 heterocycles. The molecular formula is C18H27F2NO. The molecule has 0 bridgehead atoms. The van der Waals surface area contributed by atoms with E-state index in [-0.39, 0.29) is 11.5 Å². The molecule has 0 atom stereocenters. The van der Waals surface area contributed by atoms with Gasteiger partial charge in [0.05, 0.1) is 0 Å². The molecule has 0 unspecified atom stereocenters. The number of hydrogen-bond donors (Lipinski definition) is 1. The Kier molecular flexibility index (Phi) is 9.44. The molecule has 1 N–H and O–H groups in total. The highest BCUT2D eigenvalue weighted by atomic mass is 19.2. The van der Waals surface area contributed by atoms with E-state index >= 15 is 0 Å². The summed E-state index contributed by atoms with van der Waals surface area (Å²) in [5.41, 5.74) is 0.162. The van der Waals surface area contributed by atoms with E-state index in [1.54, 1.807) is 0 Å². The van der Waals surface area contributed by atoms with E-state index in [1.807, 2.05) is 0 Å². The van der Waals surface area contributed by atoms with Gasteiger partial charge in [-0.1, -0.05) is 58.3 Å². The first-order chi connectivity index (χ1) is 10.6. The summed E-state index contributed by atoms with van der Waals surface area (Å²) in [6.07, 6.45) is 11.0. The number of nitrogens with one attached hydrogen (secondary N) is 1. The van der Waals surface area contributed by atoms with Crippen molar-refractivity contribution in [2.24, 2.45) is 0 Å². The molecule has 2 nitrogen and oxygen atoms in total. The summed E-state index contributed by atoms with van der Waals surface area (Å²) in [7, 11) is 0. The van der Waals surface area contributed by atoms with Crippen LogP contribution in [0.25, 0.3) is 0 Å². The zero-order valence-corrected chi connectivity index (χ0v) is 13.5. The van der Waals surface area contributed by atoms with E-state index in [4.69, 9.17) is 0 Å². The second-order valence-corrected chi connectivity index (χ2v) is 5.71. The van der Waals surface area contributed by atoms with E-state index in [2.05, 4.69) is 12.2 Å². The van der Waals surface area contributed by atoms with Crippen molar-refractivity contribution in [3.05, 3.63) is 35.4 Å². The van der Waals surface area contributed by atoms with Crippen LogP contribution in [-0.4, -0.2) is 12.5 Å². The Labute approximate surface area is 132 Å². The molecule has 0 saturated carbocycles. The van der Waals surface area contributed by atoms with Gasteiger partial charge in [0.15, 0.2) is 11.6 Å². The van der Waals surface area contributed by atoms with Gasteiger partial charge in [0, 0.05) is 12.1 Å². The highest BCUT2D eigenvalue weighted by Gasteiger charge is 2.08. The van der Waals surface area contributed by atoms with Crippen molar-refractivity contribution in [2.75, 3.05) is 6.54 Å². The number of carbonyl (C=O) groups excluding carboxylic acids is 1. The molecule has 0 radical (unpaired) electrons. The van der Waals surface area contributed by atoms with E-state index in [0.717, 1.165) is 25.0 Å². The second-order valence-electron chi connectivity index (χ2n) is 5.71. The third-order valence-electron chi connectivity index (χ3n) is 3.75. The number of hydrogen-bond acceptors (Lipinski definition) is 1. The number of carbonyl (C=O) groups is 1. The molecule has 124 valence electrons. The van der Waals surface area contributed by atoms with E-state index < -0.39 is 11.6 Å². The van der Waals surface area contributed by atoms with Crippen LogP contribution in [0, 0.1) is 11.6 Å². The summed E-state index contributed by atoms with van der Waals surface area (Å²) >= 11 is 0. The van der Waals surface area contributed by atoms with Crippen LogP contribution in [0.5, 0.6) is 0 Å². The Bertz CT molecular complexity index is 449. The van der Waals surface area contributed by atoms with Gasteiger partial charge in [-0.3, -0.25) is 4.79 Å². The van der Waals surface area contributed by atoms with Gasteiger partial charge in [-0.2, -0.15) is 0 Å². The van der Waals surface area contributed by atoms with Crippen LogP contribution in [0.1, 0.15) is 75.1 Å². The molecule has 1 rings (SSSR count). The Morgan fingerprint density at radius 3 is 2.09 bits per heavy atom. The smallest absolute Gasteiger partial charge is 0.251 e. The lowest BCUT2D eigenvalue weighted by atomic mass is 10.1. The quantitative estimate of drug-likeness (QED) is 0.557. The third kappa shape index (κ3) is 7.53. The SMILES string of the molecule is CCCCCCCCCCCNC(=O)c1ccc(F)c(F)c1. The normalized spacial score (nSPS) is 10.7. The van der Waals surface area contributed by atoms with Crippen LogP contribution in [0.15, 0.2) is 18.2 Å². The molecule has 0 saturated heterocycles. The zero-order chi connectivity index (χ0) is 16.2. The Balaban J connectivity index is 2.04. The number of halogens is 2. The first-order valence-electron chi connectivity index (χ1n) is 8.38. The number of unbranched alkanes of at least 4 members (excludes halogenated alkanes) is 8. The molecule has 0 fully saturated rings. The average Bonchev–Trinajstić information content (AvgIpc) is 2.51. The minimum Gasteiger partial charge on any atom is -0.352 e. The first kappa shape index (κ1) is 18.6. The van der Waals surface area contributed by atoms with Gasteiger partial charge in [-0.25, -0.2) is 8.78 Å². The van der Waals surface area contributed by atoms with E-state index in [0.29, 0.717) is 6.54 Å². The van der Waals surface area contributed by atoms with Crippen LogP contribution < -0.4 is 5.32 Å². The lowest BCUT2D eigenvalue weighted by Gasteiger charge is -2.06. The van der Waals surface area contributed by atoms with Gasteiger partial charge in [0.2, 0.25) is 0 Å². The second kappa shape index (κ2) is 11.2. The summed E-state index contributed by atoms with van der Waals surface area (Å²) in [4.78, 5) is 11.7. The molecule has 0 aliphatic heterocycles. The minimum atomic E-state index is -0.990. The van der Waals surface area contributed by atoms with Crippen LogP contribution in [0.2, 0.25) is 0 Å². The van der Waals surface area contributed by atoms with Gasteiger partial charge < -0.3 is 5.32 Å². The average molecular weight is 311 g/mol. The molecule has 1 aromatic rings. The fraction of sp³-hybridized carbons (Fsp3) is 0.611. The molecule has 0 spiro atoms. The molecule has 1 aromatic carbocycles. The number of amides is 1. The molecule has 0 aromatic heterocycles. The fourth-order valence-corrected chi connectivity index (χ4v) is 2.38. The predicted molar refractivity (Wildman–Crippen MR) is 85.9 cm³/mol. The summed E-state index contributed by atoms with van der Waals surface area (Å²) in [5, 5.41) is 2.74. The van der Waals surface area contributed by atoms with Gasteiger partial charge in [-0.05, 0) is 24.6 Å². The largest absolute Gasteiger partial charge is 0.352 e. The van der Waals surface area contributed by atoms with Gasteiger partial charge in [0.1, 0.15) is 0 Å². The Hall–Kier alpha value is -1.45. The van der Waals surface area contributed by atoms with Crippen LogP contribution in [0.3, 0.4) is 0 Å².